The first-order valence-corrected chi connectivity index (χ1v) is 5.00. The molecule has 0 aromatic heterocycles. The van der Waals surface area contributed by atoms with Crippen LogP contribution in [0.2, 0.25) is 0 Å². The fourth-order valence-electron chi connectivity index (χ4n) is 1.17. The molecule has 1 unspecified atom stereocenters. The molecule has 0 saturated heterocycles. The maximum absolute atomic E-state index is 13.0. The maximum atomic E-state index is 13.0. The molecule has 1 atom stereocenters. The third-order valence-electron chi connectivity index (χ3n) is 2.16. The van der Waals surface area contributed by atoms with Crippen molar-refractivity contribution in [2.24, 2.45) is 10.9 Å². The maximum Gasteiger partial charge on any atom is 0.297 e. The summed E-state index contributed by atoms with van der Waals surface area (Å²) in [4.78, 5) is 0. The summed E-state index contributed by atoms with van der Waals surface area (Å²) >= 11 is 0. The van der Waals surface area contributed by atoms with Gasteiger partial charge in [-0.05, 0) is 30.2 Å². The molecular weight excluding hydrogens is 229 g/mol. The average molecular weight is 242 g/mol. The van der Waals surface area contributed by atoms with Gasteiger partial charge in [-0.1, -0.05) is 24.3 Å². The van der Waals surface area contributed by atoms with Gasteiger partial charge in [0.25, 0.3) is 5.92 Å². The second kappa shape index (κ2) is 5.52. The second-order valence-corrected chi connectivity index (χ2v) is 3.57. The molecular formula is C12H13F3N2. The molecule has 0 radical (unpaired) electrons. The van der Waals surface area contributed by atoms with Gasteiger partial charge in [0.2, 0.25) is 0 Å². The van der Waals surface area contributed by atoms with Crippen molar-refractivity contribution in [1.82, 2.24) is 0 Å². The zero-order valence-electron chi connectivity index (χ0n) is 9.28. The molecule has 17 heavy (non-hydrogen) atoms. The summed E-state index contributed by atoms with van der Waals surface area (Å²) in [6.07, 6.45) is 0.903. The van der Waals surface area contributed by atoms with E-state index in [1.165, 1.54) is 12.3 Å². The van der Waals surface area contributed by atoms with E-state index >= 15 is 0 Å². The molecule has 1 aromatic rings. The van der Waals surface area contributed by atoms with Crippen LogP contribution in [-0.4, -0.2) is 18.3 Å². The minimum Gasteiger partial charge on any atom is -0.323 e. The Morgan fingerprint density at radius 1 is 1.35 bits per heavy atom. The highest BCUT2D eigenvalue weighted by molar-refractivity contribution is 5.80. The molecule has 0 bridgehead atoms. The van der Waals surface area contributed by atoms with Gasteiger partial charge in [-0.15, -0.1) is 0 Å². The van der Waals surface area contributed by atoms with Crippen LogP contribution in [-0.2, 0) is 0 Å². The molecule has 0 heterocycles. The summed E-state index contributed by atoms with van der Waals surface area (Å²) in [6.45, 7) is 0.821. The van der Waals surface area contributed by atoms with Crippen LogP contribution in [0.15, 0.2) is 35.4 Å². The summed E-state index contributed by atoms with van der Waals surface area (Å²) in [6, 6.07) is 6.65. The highest BCUT2D eigenvalue weighted by Crippen LogP contribution is 2.24. The van der Waals surface area contributed by atoms with Gasteiger partial charge >= 0.3 is 0 Å². The molecule has 0 spiro atoms. The van der Waals surface area contributed by atoms with Crippen LogP contribution in [0.3, 0.4) is 0 Å². The SMILES string of the molecule is CC(F)C(F)(F)/C=C\c1cccc(/C=N/N)c1. The van der Waals surface area contributed by atoms with Gasteiger partial charge in [0.1, 0.15) is 0 Å². The second-order valence-electron chi connectivity index (χ2n) is 3.57. The molecule has 5 heteroatoms. The van der Waals surface area contributed by atoms with Crippen molar-refractivity contribution in [3.05, 3.63) is 41.5 Å². The number of benzene rings is 1. The number of hydrogen-bond donors (Lipinski definition) is 1. The third-order valence-corrected chi connectivity index (χ3v) is 2.16. The van der Waals surface area contributed by atoms with Crippen LogP contribution in [0.5, 0.6) is 0 Å². The molecule has 0 saturated carbocycles. The highest BCUT2D eigenvalue weighted by Gasteiger charge is 2.33. The summed E-state index contributed by atoms with van der Waals surface area (Å²) in [5.74, 6) is 1.52. The Morgan fingerprint density at radius 2 is 2.00 bits per heavy atom. The normalized spacial score (nSPS) is 14.6. The Bertz CT molecular complexity index is 426. The van der Waals surface area contributed by atoms with Crippen molar-refractivity contribution in [2.75, 3.05) is 0 Å². The van der Waals surface area contributed by atoms with Crippen molar-refractivity contribution >= 4 is 12.3 Å². The van der Waals surface area contributed by atoms with Gasteiger partial charge in [0, 0.05) is 0 Å². The van der Waals surface area contributed by atoms with E-state index in [4.69, 9.17) is 5.84 Å². The lowest BCUT2D eigenvalue weighted by atomic mass is 10.1. The van der Waals surface area contributed by atoms with Gasteiger partial charge in [-0.2, -0.15) is 13.9 Å². The first-order chi connectivity index (χ1) is 7.95. The Hall–Kier alpha value is -1.78. The summed E-state index contributed by atoms with van der Waals surface area (Å²) < 4.78 is 38.5. The topological polar surface area (TPSA) is 38.4 Å². The first-order valence-electron chi connectivity index (χ1n) is 5.00. The van der Waals surface area contributed by atoms with E-state index in [9.17, 15) is 13.2 Å². The van der Waals surface area contributed by atoms with Crippen LogP contribution in [0.1, 0.15) is 18.1 Å². The molecule has 92 valence electrons. The summed E-state index contributed by atoms with van der Waals surface area (Å²) in [7, 11) is 0. The number of alkyl halides is 3. The largest absolute Gasteiger partial charge is 0.323 e. The first kappa shape index (κ1) is 13.3. The van der Waals surface area contributed by atoms with Gasteiger partial charge in [0.05, 0.1) is 6.21 Å². The van der Waals surface area contributed by atoms with E-state index in [0.717, 1.165) is 6.92 Å². The van der Waals surface area contributed by atoms with Crippen molar-refractivity contribution in [1.29, 1.82) is 0 Å². The number of halogens is 3. The molecule has 0 aliphatic heterocycles. The van der Waals surface area contributed by atoms with Crippen LogP contribution in [0, 0.1) is 0 Å². The minimum atomic E-state index is -3.46. The molecule has 0 amide bonds. The third kappa shape index (κ3) is 3.94. The van der Waals surface area contributed by atoms with Crippen molar-refractivity contribution in [3.63, 3.8) is 0 Å². The highest BCUT2D eigenvalue weighted by atomic mass is 19.3. The Balaban J connectivity index is 2.88. The zero-order chi connectivity index (χ0) is 12.9. The fraction of sp³-hybridized carbons (Fsp3) is 0.250. The molecule has 2 N–H and O–H groups in total. The molecule has 2 nitrogen and oxygen atoms in total. The number of nitrogens with zero attached hydrogens (tertiary/aromatic N) is 1. The number of allylic oxidation sites excluding steroid dienone is 1. The monoisotopic (exact) mass is 242 g/mol. The average Bonchev–Trinajstić information content (AvgIpc) is 2.27. The number of hydrazone groups is 1. The Morgan fingerprint density at radius 3 is 2.59 bits per heavy atom. The number of rotatable bonds is 4. The van der Waals surface area contributed by atoms with Crippen LogP contribution in [0.25, 0.3) is 6.08 Å². The lowest BCUT2D eigenvalue weighted by Crippen LogP contribution is -2.24. The van der Waals surface area contributed by atoms with Gasteiger partial charge in [0.15, 0.2) is 6.17 Å². The van der Waals surface area contributed by atoms with Gasteiger partial charge in [-0.3, -0.25) is 0 Å². The van der Waals surface area contributed by atoms with Crippen molar-refractivity contribution in [2.45, 2.75) is 19.0 Å². The van der Waals surface area contributed by atoms with Gasteiger partial charge in [-0.25, -0.2) is 4.39 Å². The molecule has 1 aromatic carbocycles. The fourth-order valence-corrected chi connectivity index (χ4v) is 1.17. The van der Waals surface area contributed by atoms with E-state index in [0.29, 0.717) is 17.2 Å². The smallest absolute Gasteiger partial charge is 0.297 e. The molecule has 0 fully saturated rings. The standard InChI is InChI=1S/C12H13F3N2/c1-9(13)12(14,15)6-5-10-3-2-4-11(7-10)8-17-16/h2-9H,16H2,1H3/b6-5-,17-8+. The van der Waals surface area contributed by atoms with E-state index in [1.807, 2.05) is 0 Å². The predicted octanol–water partition coefficient (Wildman–Crippen LogP) is 2.99. The van der Waals surface area contributed by atoms with Gasteiger partial charge < -0.3 is 5.84 Å². The Labute approximate surface area is 97.6 Å². The lowest BCUT2D eigenvalue weighted by molar-refractivity contribution is -0.0180. The van der Waals surface area contributed by atoms with Crippen molar-refractivity contribution in [3.8, 4) is 0 Å². The van der Waals surface area contributed by atoms with E-state index < -0.39 is 12.1 Å². The van der Waals surface area contributed by atoms with E-state index in [1.54, 1.807) is 24.3 Å². The molecule has 0 aliphatic carbocycles. The molecule has 0 aliphatic rings. The van der Waals surface area contributed by atoms with Crippen LogP contribution < -0.4 is 5.84 Å². The van der Waals surface area contributed by atoms with E-state index in [-0.39, 0.29) is 0 Å². The summed E-state index contributed by atoms with van der Waals surface area (Å²) in [5, 5.41) is 3.33. The van der Waals surface area contributed by atoms with Crippen LogP contribution in [0.4, 0.5) is 13.2 Å². The van der Waals surface area contributed by atoms with E-state index in [2.05, 4.69) is 5.10 Å². The predicted molar refractivity (Wildman–Crippen MR) is 62.8 cm³/mol. The lowest BCUT2D eigenvalue weighted by Gasteiger charge is -2.12. The zero-order valence-corrected chi connectivity index (χ0v) is 9.28. The Kier molecular flexibility index (Phi) is 4.31. The minimum absolute atomic E-state index is 0.530. The van der Waals surface area contributed by atoms with Crippen LogP contribution >= 0.6 is 0 Å². The van der Waals surface area contributed by atoms with Crippen molar-refractivity contribution < 1.29 is 13.2 Å². The number of nitrogens with two attached hydrogens (primary N) is 1. The molecule has 1 rings (SSSR count). The quantitative estimate of drug-likeness (QED) is 0.492. The summed E-state index contributed by atoms with van der Waals surface area (Å²) in [5.41, 5.74) is 1.22. The number of hydrogen-bond acceptors (Lipinski definition) is 2.